The number of benzene rings is 3. The molecule has 1 aliphatic heterocycles. The van der Waals surface area contributed by atoms with E-state index in [4.69, 9.17) is 4.74 Å². The van der Waals surface area contributed by atoms with Crippen molar-refractivity contribution >= 4 is 11.7 Å². The van der Waals surface area contributed by atoms with Crippen molar-refractivity contribution < 1.29 is 14.3 Å². The second-order valence-corrected chi connectivity index (χ2v) is 8.07. The summed E-state index contributed by atoms with van der Waals surface area (Å²) in [7, 11) is 1.95. The number of Topliss-reactive ketones (excluding diaryl/α,β-unsaturated/α-hetero) is 1. The third-order valence-corrected chi connectivity index (χ3v) is 5.86. The summed E-state index contributed by atoms with van der Waals surface area (Å²) in [6.45, 7) is 1.75. The minimum absolute atomic E-state index is 0.0644. The number of para-hydroxylation sites is 1. The van der Waals surface area contributed by atoms with Crippen LogP contribution >= 0.6 is 0 Å². The molecule has 3 aromatic carbocycles. The molecule has 1 aliphatic rings. The van der Waals surface area contributed by atoms with E-state index < -0.39 is 0 Å². The van der Waals surface area contributed by atoms with Crippen LogP contribution in [0.1, 0.15) is 33.6 Å². The highest BCUT2D eigenvalue weighted by molar-refractivity contribution is 6.03. The lowest BCUT2D eigenvalue weighted by atomic mass is 10.00. The van der Waals surface area contributed by atoms with Crippen LogP contribution in [-0.2, 0) is 0 Å². The molecule has 0 saturated heterocycles. The number of rotatable bonds is 8. The fourth-order valence-corrected chi connectivity index (χ4v) is 3.94. The van der Waals surface area contributed by atoms with Crippen molar-refractivity contribution in [3.05, 3.63) is 90.0 Å². The molecular formula is C27H28N2O3. The number of ketones is 1. The Morgan fingerprint density at radius 1 is 0.938 bits per heavy atom. The molecule has 4 rings (SSSR count). The van der Waals surface area contributed by atoms with Crippen LogP contribution in [0.4, 0.5) is 0 Å². The maximum atomic E-state index is 12.7. The molecule has 5 nitrogen and oxygen atoms in total. The third kappa shape index (κ3) is 5.06. The number of ether oxygens (including phenoxy) is 1. The van der Waals surface area contributed by atoms with Gasteiger partial charge in [-0.3, -0.25) is 14.5 Å². The second kappa shape index (κ2) is 10.2. The summed E-state index contributed by atoms with van der Waals surface area (Å²) < 4.78 is 5.75. The summed E-state index contributed by atoms with van der Waals surface area (Å²) >= 11 is 0. The Morgan fingerprint density at radius 3 is 2.41 bits per heavy atom. The molecule has 0 fully saturated rings. The lowest BCUT2D eigenvalue weighted by Crippen LogP contribution is -2.46. The van der Waals surface area contributed by atoms with Crippen LogP contribution in [0.25, 0.3) is 11.1 Å². The lowest BCUT2D eigenvalue weighted by molar-refractivity contribution is 0.0720. The number of nitrogens with zero attached hydrogens (tertiary/aromatic N) is 1. The van der Waals surface area contributed by atoms with Gasteiger partial charge in [0.1, 0.15) is 18.4 Å². The molecule has 1 atom stereocenters. The summed E-state index contributed by atoms with van der Waals surface area (Å²) in [4.78, 5) is 27.2. The van der Waals surface area contributed by atoms with Gasteiger partial charge in [-0.25, -0.2) is 0 Å². The number of carbonyl (C=O) groups is 2. The van der Waals surface area contributed by atoms with Gasteiger partial charge in [0.15, 0.2) is 5.78 Å². The van der Waals surface area contributed by atoms with Gasteiger partial charge in [-0.2, -0.15) is 0 Å². The fraction of sp³-hybridized carbons (Fsp3) is 0.259. The largest absolute Gasteiger partial charge is 0.491 e. The maximum Gasteiger partial charge on any atom is 0.251 e. The van der Waals surface area contributed by atoms with E-state index in [0.717, 1.165) is 30.5 Å². The van der Waals surface area contributed by atoms with Crippen LogP contribution < -0.4 is 10.1 Å². The number of hydrogen-bond acceptors (Lipinski definition) is 4. The summed E-state index contributed by atoms with van der Waals surface area (Å²) in [5.74, 6) is 0.716. The van der Waals surface area contributed by atoms with Gasteiger partial charge in [-0.05, 0) is 61.8 Å². The van der Waals surface area contributed by atoms with Crippen molar-refractivity contribution in [2.75, 3.05) is 26.7 Å². The van der Waals surface area contributed by atoms with Gasteiger partial charge in [-0.1, -0.05) is 54.6 Å². The first-order valence-corrected chi connectivity index (χ1v) is 11.0. The highest BCUT2D eigenvalue weighted by Gasteiger charge is 2.31. The van der Waals surface area contributed by atoms with E-state index in [9.17, 15) is 9.59 Å². The molecule has 0 aromatic heterocycles. The number of unbranched alkanes of at least 4 members (excludes halogenated alkanes) is 1. The predicted molar refractivity (Wildman–Crippen MR) is 126 cm³/mol. The average molecular weight is 429 g/mol. The molecule has 0 radical (unpaired) electrons. The molecule has 32 heavy (non-hydrogen) atoms. The average Bonchev–Trinajstić information content (AvgIpc) is 2.84. The van der Waals surface area contributed by atoms with E-state index in [-0.39, 0.29) is 17.7 Å². The molecule has 1 N–H and O–H groups in total. The van der Waals surface area contributed by atoms with Crippen LogP contribution in [0.15, 0.2) is 78.9 Å². The normalized spacial score (nSPS) is 15.2. The monoisotopic (exact) mass is 428 g/mol. The molecule has 1 amide bonds. The van der Waals surface area contributed by atoms with Crippen molar-refractivity contribution in [1.29, 1.82) is 0 Å². The first kappa shape index (κ1) is 21.8. The topological polar surface area (TPSA) is 58.6 Å². The number of carbonyl (C=O) groups excluding carboxylic acids is 2. The van der Waals surface area contributed by atoms with Crippen molar-refractivity contribution in [2.24, 2.45) is 0 Å². The molecule has 1 heterocycles. The molecule has 0 spiro atoms. The minimum Gasteiger partial charge on any atom is -0.491 e. The van der Waals surface area contributed by atoms with E-state index >= 15 is 0 Å². The highest BCUT2D eigenvalue weighted by atomic mass is 16.5. The van der Waals surface area contributed by atoms with E-state index in [2.05, 4.69) is 17.4 Å². The Kier molecular flexibility index (Phi) is 6.97. The van der Waals surface area contributed by atoms with Crippen molar-refractivity contribution in [2.45, 2.75) is 18.9 Å². The zero-order valence-electron chi connectivity index (χ0n) is 18.3. The van der Waals surface area contributed by atoms with E-state index in [0.29, 0.717) is 30.0 Å². The van der Waals surface area contributed by atoms with Gasteiger partial charge in [0, 0.05) is 12.1 Å². The number of amides is 1. The van der Waals surface area contributed by atoms with Crippen molar-refractivity contribution in [3.63, 3.8) is 0 Å². The molecule has 164 valence electrons. The van der Waals surface area contributed by atoms with Crippen LogP contribution in [0, 0.1) is 0 Å². The van der Waals surface area contributed by atoms with Gasteiger partial charge < -0.3 is 10.1 Å². The summed E-state index contributed by atoms with van der Waals surface area (Å²) in [6, 6.07) is 24.9. The van der Waals surface area contributed by atoms with E-state index in [1.807, 2.05) is 78.7 Å². The van der Waals surface area contributed by atoms with Crippen LogP contribution in [0.2, 0.25) is 0 Å². The lowest BCUT2D eigenvalue weighted by Gasteiger charge is -2.31. The standard InChI is InChI=1S/C27H28N2O3/c1-29(24-19-32-25-12-6-5-11-23(25)26(24)30)18-8-7-17-28-27(31)22-15-13-21(14-16-22)20-9-3-2-4-10-20/h2-6,9-16,24H,7-8,17-19H2,1H3,(H,28,31)/t24-/m1/s1. The number of hydrogen-bond donors (Lipinski definition) is 1. The highest BCUT2D eigenvalue weighted by Crippen LogP contribution is 2.26. The molecule has 5 heteroatoms. The Morgan fingerprint density at radius 2 is 1.62 bits per heavy atom. The quantitative estimate of drug-likeness (QED) is 0.539. The summed E-state index contributed by atoms with van der Waals surface area (Å²) in [6.07, 6.45) is 1.73. The van der Waals surface area contributed by atoms with Crippen LogP contribution in [0.3, 0.4) is 0 Å². The van der Waals surface area contributed by atoms with E-state index in [1.165, 1.54) is 0 Å². The van der Waals surface area contributed by atoms with Crippen LogP contribution in [-0.4, -0.2) is 49.4 Å². The van der Waals surface area contributed by atoms with Gasteiger partial charge in [0.05, 0.1) is 5.56 Å². The third-order valence-electron chi connectivity index (χ3n) is 5.86. The predicted octanol–water partition coefficient (Wildman–Crippen LogP) is 4.44. The van der Waals surface area contributed by atoms with Crippen molar-refractivity contribution in [1.82, 2.24) is 10.2 Å². The summed E-state index contributed by atoms with van der Waals surface area (Å²) in [5.41, 5.74) is 3.54. The van der Waals surface area contributed by atoms with Gasteiger partial charge in [0.2, 0.25) is 0 Å². The second-order valence-electron chi connectivity index (χ2n) is 8.07. The van der Waals surface area contributed by atoms with Gasteiger partial charge in [0.25, 0.3) is 5.91 Å². The summed E-state index contributed by atoms with van der Waals surface area (Å²) in [5, 5.41) is 2.98. The number of likely N-dealkylation sites (N-methyl/N-ethyl adjacent to an activating group) is 1. The maximum absolute atomic E-state index is 12.7. The first-order chi connectivity index (χ1) is 15.6. The van der Waals surface area contributed by atoms with E-state index in [1.54, 1.807) is 0 Å². The molecule has 0 unspecified atom stereocenters. The molecule has 3 aromatic rings. The minimum atomic E-state index is -0.261. The van der Waals surface area contributed by atoms with Gasteiger partial charge >= 0.3 is 0 Å². The first-order valence-electron chi connectivity index (χ1n) is 11.0. The zero-order valence-corrected chi connectivity index (χ0v) is 18.3. The molecular weight excluding hydrogens is 400 g/mol. The van der Waals surface area contributed by atoms with Gasteiger partial charge in [-0.15, -0.1) is 0 Å². The Hall–Kier alpha value is -3.44. The van der Waals surface area contributed by atoms with Crippen LogP contribution in [0.5, 0.6) is 5.75 Å². The SMILES string of the molecule is CN(CCCCNC(=O)c1ccc(-c2ccccc2)cc1)[C@@H]1COc2ccccc2C1=O. The Labute approximate surface area is 189 Å². The Bertz CT molecular complexity index is 1060. The Balaban J connectivity index is 1.19. The number of fused-ring (bicyclic) bond motifs is 1. The molecule has 0 bridgehead atoms. The number of nitrogens with one attached hydrogen (secondary N) is 1. The van der Waals surface area contributed by atoms with Crippen molar-refractivity contribution in [3.8, 4) is 16.9 Å². The molecule has 0 saturated carbocycles. The fourth-order valence-electron chi connectivity index (χ4n) is 3.94. The zero-order chi connectivity index (χ0) is 22.3. The molecule has 0 aliphatic carbocycles. The smallest absolute Gasteiger partial charge is 0.251 e.